The van der Waals surface area contributed by atoms with Crippen molar-refractivity contribution in [2.75, 3.05) is 37.1 Å². The molecule has 11 nitrogen and oxygen atoms in total. The lowest BCUT2D eigenvalue weighted by Gasteiger charge is -2.20. The molecule has 168 valence electrons. The van der Waals surface area contributed by atoms with Crippen LogP contribution in [-0.4, -0.2) is 79.9 Å². The van der Waals surface area contributed by atoms with Gasteiger partial charge in [0.15, 0.2) is 5.82 Å². The van der Waals surface area contributed by atoms with E-state index in [4.69, 9.17) is 25.8 Å². The second kappa shape index (κ2) is 8.96. The normalized spacial score (nSPS) is 31.0. The molecule has 3 aliphatic rings. The summed E-state index contributed by atoms with van der Waals surface area (Å²) in [6, 6.07) is -0.277. The first kappa shape index (κ1) is 21.0. The molecule has 3 saturated heterocycles. The minimum atomic E-state index is -1.18. The second-order valence-electron chi connectivity index (χ2n) is 7.77. The zero-order valence-corrected chi connectivity index (χ0v) is 18.4. The van der Waals surface area contributed by atoms with E-state index in [0.29, 0.717) is 43.2 Å². The fourth-order valence-electron chi connectivity index (χ4n) is 3.97. The van der Waals surface area contributed by atoms with Gasteiger partial charge in [0.2, 0.25) is 5.95 Å². The lowest BCUT2D eigenvalue weighted by Crippen LogP contribution is -2.45. The quantitative estimate of drug-likeness (QED) is 0.534. The Morgan fingerprint density at radius 3 is 2.74 bits per heavy atom. The summed E-state index contributed by atoms with van der Waals surface area (Å²) in [5.41, 5.74) is 0.772. The molecule has 6 unspecified atom stereocenters. The van der Waals surface area contributed by atoms with E-state index in [1.165, 1.54) is 6.20 Å². The molecule has 5 rings (SSSR count). The van der Waals surface area contributed by atoms with Gasteiger partial charge < -0.3 is 24.8 Å². The molecule has 0 saturated carbocycles. The average molecular weight is 470 g/mol. The van der Waals surface area contributed by atoms with Crippen LogP contribution in [0.1, 0.15) is 6.42 Å². The summed E-state index contributed by atoms with van der Waals surface area (Å²) in [7, 11) is 0.651. The van der Waals surface area contributed by atoms with Crippen LogP contribution in [0.2, 0.25) is 5.02 Å². The van der Waals surface area contributed by atoms with Crippen molar-refractivity contribution >= 4 is 40.0 Å². The summed E-state index contributed by atoms with van der Waals surface area (Å²) in [4.78, 5) is 8.70. The first-order valence-corrected chi connectivity index (χ1v) is 11.7. The summed E-state index contributed by atoms with van der Waals surface area (Å²) in [5, 5.41) is 10.9. The van der Waals surface area contributed by atoms with Crippen LogP contribution in [0.15, 0.2) is 18.6 Å². The Balaban J connectivity index is 1.22. The number of nitrogens with one attached hydrogen (secondary N) is 3. The van der Waals surface area contributed by atoms with Gasteiger partial charge >= 0.3 is 0 Å². The van der Waals surface area contributed by atoms with Crippen molar-refractivity contribution in [3.63, 3.8) is 0 Å². The fourth-order valence-corrected chi connectivity index (χ4v) is 5.34. The van der Waals surface area contributed by atoms with E-state index < -0.39 is 11.0 Å². The zero-order chi connectivity index (χ0) is 21.4. The van der Waals surface area contributed by atoms with E-state index in [-0.39, 0.29) is 29.5 Å². The number of anilines is 3. The van der Waals surface area contributed by atoms with Crippen molar-refractivity contribution < 1.29 is 18.4 Å². The Morgan fingerprint density at radius 1 is 1.19 bits per heavy atom. The Hall–Kier alpha value is -1.83. The molecule has 0 radical (unpaired) electrons. The third kappa shape index (κ3) is 4.54. The van der Waals surface area contributed by atoms with Gasteiger partial charge in [0, 0.05) is 19.9 Å². The first-order valence-electron chi connectivity index (χ1n) is 10.1. The molecular weight excluding hydrogens is 446 g/mol. The van der Waals surface area contributed by atoms with Crippen LogP contribution in [0.3, 0.4) is 0 Å². The summed E-state index contributed by atoms with van der Waals surface area (Å²) < 4.78 is 34.7. The Labute approximate surface area is 186 Å². The molecule has 0 aromatic carbocycles. The van der Waals surface area contributed by atoms with Gasteiger partial charge in [0.1, 0.15) is 17.2 Å². The number of hydrogen-bond donors (Lipinski definition) is 3. The first-order chi connectivity index (χ1) is 15.1. The predicted octanol–water partition coefficient (Wildman–Crippen LogP) is 0.596. The van der Waals surface area contributed by atoms with Crippen LogP contribution in [0.4, 0.5) is 17.5 Å². The predicted molar refractivity (Wildman–Crippen MR) is 115 cm³/mol. The number of fused-ring (bicyclic) bond motifs is 1. The maximum Gasteiger partial charge on any atom is 0.229 e. The molecule has 31 heavy (non-hydrogen) atoms. The zero-order valence-electron chi connectivity index (χ0n) is 16.9. The molecule has 2 aromatic rings. The molecule has 0 aliphatic carbocycles. The standard InChI is InChI=1S/C18H24ClN7O4S/c1-26-6-10(4-21-26)22-18-20-5-12(19)17(24-18)23-13-8-29-16-14(9-30-15(13)16)25-31(27)11-2-3-28-7-11/h4-6,11,13-16,25H,2-3,7-9H2,1H3,(H2,20,22,23,24). The highest BCUT2D eigenvalue weighted by Gasteiger charge is 2.48. The number of aromatic nitrogens is 4. The smallest absolute Gasteiger partial charge is 0.229 e. The largest absolute Gasteiger partial charge is 0.380 e. The topological polar surface area (TPSA) is 124 Å². The van der Waals surface area contributed by atoms with Crippen molar-refractivity contribution in [3.05, 3.63) is 23.6 Å². The maximum absolute atomic E-state index is 12.5. The van der Waals surface area contributed by atoms with Crippen LogP contribution in [0.5, 0.6) is 0 Å². The van der Waals surface area contributed by atoms with Crippen molar-refractivity contribution in [1.29, 1.82) is 0 Å². The van der Waals surface area contributed by atoms with E-state index in [0.717, 1.165) is 12.1 Å². The van der Waals surface area contributed by atoms with Gasteiger partial charge in [-0.2, -0.15) is 10.1 Å². The highest BCUT2D eigenvalue weighted by atomic mass is 35.5. The minimum Gasteiger partial charge on any atom is -0.380 e. The van der Waals surface area contributed by atoms with Crippen LogP contribution >= 0.6 is 11.6 Å². The molecule has 0 amide bonds. The molecule has 3 N–H and O–H groups in total. The SMILES string of the molecule is Cn1cc(Nc2ncc(Cl)c(NC3COC4C(NS(=O)C5CCOC5)COC34)n2)cn1. The monoisotopic (exact) mass is 469 g/mol. The number of halogens is 1. The van der Waals surface area contributed by atoms with Crippen LogP contribution in [0, 0.1) is 0 Å². The van der Waals surface area contributed by atoms with Gasteiger partial charge in [-0.3, -0.25) is 4.68 Å². The molecule has 13 heteroatoms. The van der Waals surface area contributed by atoms with Crippen molar-refractivity contribution in [2.24, 2.45) is 7.05 Å². The molecule has 0 bridgehead atoms. The maximum atomic E-state index is 12.5. The molecule has 3 fully saturated rings. The van der Waals surface area contributed by atoms with E-state index in [1.54, 1.807) is 10.9 Å². The van der Waals surface area contributed by atoms with Crippen molar-refractivity contribution in [3.8, 4) is 0 Å². The Bertz CT molecular complexity index is 957. The number of rotatable bonds is 7. The van der Waals surface area contributed by atoms with Crippen LogP contribution < -0.4 is 15.4 Å². The van der Waals surface area contributed by atoms with Gasteiger partial charge in [0.25, 0.3) is 0 Å². The molecular formula is C18H24ClN7O4S. The third-order valence-electron chi connectivity index (χ3n) is 5.54. The molecule has 5 heterocycles. The van der Waals surface area contributed by atoms with E-state index in [2.05, 4.69) is 30.4 Å². The Kier molecular flexibility index (Phi) is 6.08. The fraction of sp³-hybridized carbons (Fsp3) is 0.611. The Morgan fingerprint density at radius 2 is 2.00 bits per heavy atom. The van der Waals surface area contributed by atoms with Gasteiger partial charge in [-0.05, 0) is 6.42 Å². The second-order valence-corrected chi connectivity index (χ2v) is 9.68. The highest BCUT2D eigenvalue weighted by molar-refractivity contribution is 7.83. The molecule has 2 aromatic heterocycles. The summed E-state index contributed by atoms with van der Waals surface area (Å²) in [6.45, 7) is 2.04. The van der Waals surface area contributed by atoms with Gasteiger partial charge in [-0.15, -0.1) is 0 Å². The summed E-state index contributed by atoms with van der Waals surface area (Å²) in [6.07, 6.45) is 5.44. The van der Waals surface area contributed by atoms with Crippen molar-refractivity contribution in [1.82, 2.24) is 24.5 Å². The van der Waals surface area contributed by atoms with Crippen molar-refractivity contribution in [2.45, 2.75) is 36.0 Å². The lowest BCUT2D eigenvalue weighted by molar-refractivity contribution is 0.0691. The average Bonchev–Trinajstić information content (AvgIpc) is 3.53. The van der Waals surface area contributed by atoms with Gasteiger partial charge in [-0.25, -0.2) is 13.9 Å². The van der Waals surface area contributed by atoms with Gasteiger partial charge in [-0.1, -0.05) is 11.6 Å². The lowest BCUT2D eigenvalue weighted by atomic mass is 10.1. The summed E-state index contributed by atoms with van der Waals surface area (Å²) in [5.74, 6) is 0.889. The third-order valence-corrected chi connectivity index (χ3v) is 7.33. The van der Waals surface area contributed by atoms with Crippen LogP contribution in [-0.2, 0) is 32.2 Å². The molecule has 3 aliphatic heterocycles. The number of nitrogens with zero attached hydrogens (tertiary/aromatic N) is 4. The van der Waals surface area contributed by atoms with E-state index in [1.807, 2.05) is 13.2 Å². The minimum absolute atomic E-state index is 0.0138. The van der Waals surface area contributed by atoms with Gasteiger partial charge in [0.05, 0.1) is 66.2 Å². The van der Waals surface area contributed by atoms with E-state index in [9.17, 15) is 4.21 Å². The number of ether oxygens (including phenoxy) is 3. The van der Waals surface area contributed by atoms with Crippen LogP contribution in [0.25, 0.3) is 0 Å². The van der Waals surface area contributed by atoms with E-state index >= 15 is 0 Å². The number of aryl methyl sites for hydroxylation is 1. The molecule has 6 atom stereocenters. The highest BCUT2D eigenvalue weighted by Crippen LogP contribution is 2.31. The number of hydrogen-bond acceptors (Lipinski definition) is 9. The summed E-state index contributed by atoms with van der Waals surface area (Å²) >= 11 is 6.32. The molecule has 0 spiro atoms.